The second-order valence-corrected chi connectivity index (χ2v) is 4.89. The van der Waals surface area contributed by atoms with Crippen LogP contribution in [-0.4, -0.2) is 17.3 Å². The minimum Gasteiger partial charge on any atom is -0.497 e. The SMILES string of the molecule is COc1ccc(Nc2n[nH]c(=S)s2)c(C)c1. The molecule has 0 atom stereocenters. The molecule has 6 heteroatoms. The van der Waals surface area contributed by atoms with Crippen LogP contribution in [0.15, 0.2) is 18.2 Å². The largest absolute Gasteiger partial charge is 0.497 e. The summed E-state index contributed by atoms with van der Waals surface area (Å²) in [6.07, 6.45) is 0. The number of aryl methyl sites for hydroxylation is 1. The van der Waals surface area contributed by atoms with Gasteiger partial charge < -0.3 is 10.1 Å². The van der Waals surface area contributed by atoms with E-state index in [4.69, 9.17) is 17.0 Å². The van der Waals surface area contributed by atoms with E-state index in [-0.39, 0.29) is 0 Å². The summed E-state index contributed by atoms with van der Waals surface area (Å²) < 4.78 is 5.80. The first-order valence-electron chi connectivity index (χ1n) is 4.66. The van der Waals surface area contributed by atoms with Crippen LogP contribution in [0.5, 0.6) is 5.75 Å². The Morgan fingerprint density at radius 3 is 2.88 bits per heavy atom. The lowest BCUT2D eigenvalue weighted by atomic mass is 10.2. The summed E-state index contributed by atoms with van der Waals surface area (Å²) in [5.74, 6) is 0.845. The van der Waals surface area contributed by atoms with Crippen molar-refractivity contribution >= 4 is 34.4 Å². The van der Waals surface area contributed by atoms with Crippen LogP contribution in [0.1, 0.15) is 5.56 Å². The second kappa shape index (κ2) is 4.63. The highest BCUT2D eigenvalue weighted by molar-refractivity contribution is 7.73. The molecule has 4 nitrogen and oxygen atoms in total. The molecule has 0 saturated carbocycles. The molecule has 2 aromatic rings. The zero-order valence-corrected chi connectivity index (χ0v) is 10.5. The molecule has 0 bridgehead atoms. The van der Waals surface area contributed by atoms with Crippen molar-refractivity contribution in [3.05, 3.63) is 27.7 Å². The molecule has 16 heavy (non-hydrogen) atoms. The van der Waals surface area contributed by atoms with Crippen molar-refractivity contribution in [2.45, 2.75) is 6.92 Å². The average Bonchev–Trinajstić information content (AvgIpc) is 2.67. The monoisotopic (exact) mass is 253 g/mol. The first kappa shape index (κ1) is 11.1. The number of hydrogen-bond acceptors (Lipinski definition) is 5. The minimum absolute atomic E-state index is 0.661. The van der Waals surface area contributed by atoms with Crippen LogP contribution in [0, 0.1) is 10.9 Å². The van der Waals surface area contributed by atoms with Crippen molar-refractivity contribution in [3.63, 3.8) is 0 Å². The maximum absolute atomic E-state index is 5.14. The summed E-state index contributed by atoms with van der Waals surface area (Å²) in [5, 5.41) is 10.7. The Hall–Kier alpha value is -1.40. The van der Waals surface area contributed by atoms with E-state index in [1.807, 2.05) is 25.1 Å². The summed E-state index contributed by atoms with van der Waals surface area (Å²) in [6.45, 7) is 2.01. The number of anilines is 2. The third-order valence-electron chi connectivity index (χ3n) is 2.11. The maximum Gasteiger partial charge on any atom is 0.208 e. The van der Waals surface area contributed by atoms with Crippen LogP contribution < -0.4 is 10.1 Å². The molecule has 0 saturated heterocycles. The number of nitrogens with zero attached hydrogens (tertiary/aromatic N) is 1. The van der Waals surface area contributed by atoms with Crippen LogP contribution in [0.25, 0.3) is 0 Å². The molecule has 2 N–H and O–H groups in total. The highest BCUT2D eigenvalue weighted by atomic mass is 32.1. The van der Waals surface area contributed by atoms with Gasteiger partial charge in [0.15, 0.2) is 3.95 Å². The quantitative estimate of drug-likeness (QED) is 0.824. The van der Waals surface area contributed by atoms with Crippen LogP contribution in [0.3, 0.4) is 0 Å². The van der Waals surface area contributed by atoms with Gasteiger partial charge in [-0.05, 0) is 42.9 Å². The van der Waals surface area contributed by atoms with E-state index < -0.39 is 0 Å². The molecule has 0 radical (unpaired) electrons. The molecule has 0 fully saturated rings. The molecule has 2 rings (SSSR count). The Bertz CT molecular complexity index is 547. The summed E-state index contributed by atoms with van der Waals surface area (Å²) in [6, 6.07) is 5.83. The van der Waals surface area contributed by atoms with E-state index in [0.29, 0.717) is 3.95 Å². The van der Waals surface area contributed by atoms with Gasteiger partial charge in [0.05, 0.1) is 7.11 Å². The number of aromatic nitrogens is 2. The lowest BCUT2D eigenvalue weighted by molar-refractivity contribution is 0.414. The molecule has 0 aliphatic rings. The van der Waals surface area contributed by atoms with Crippen molar-refractivity contribution in [1.82, 2.24) is 10.2 Å². The maximum atomic E-state index is 5.14. The summed E-state index contributed by atoms with van der Waals surface area (Å²) in [7, 11) is 1.65. The van der Waals surface area contributed by atoms with E-state index in [0.717, 1.165) is 22.1 Å². The number of benzene rings is 1. The lowest BCUT2D eigenvalue weighted by Gasteiger charge is -2.07. The molecule has 0 unspecified atom stereocenters. The van der Waals surface area contributed by atoms with Crippen LogP contribution in [0.4, 0.5) is 10.8 Å². The average molecular weight is 253 g/mol. The fourth-order valence-corrected chi connectivity index (χ4v) is 2.10. The Balaban J connectivity index is 2.25. The third-order valence-corrected chi connectivity index (χ3v) is 3.12. The van der Waals surface area contributed by atoms with Crippen molar-refractivity contribution in [2.75, 3.05) is 12.4 Å². The molecular formula is C10H11N3OS2. The topological polar surface area (TPSA) is 49.9 Å². The highest BCUT2D eigenvalue weighted by Crippen LogP contribution is 2.25. The molecule has 1 aromatic heterocycles. The van der Waals surface area contributed by atoms with Crippen molar-refractivity contribution < 1.29 is 4.74 Å². The Kier molecular flexibility index (Phi) is 3.21. The van der Waals surface area contributed by atoms with E-state index in [1.54, 1.807) is 7.11 Å². The molecule has 1 aromatic carbocycles. The van der Waals surface area contributed by atoms with E-state index in [2.05, 4.69) is 15.5 Å². The minimum atomic E-state index is 0.661. The Morgan fingerprint density at radius 1 is 1.50 bits per heavy atom. The van der Waals surface area contributed by atoms with Gasteiger partial charge in [0, 0.05) is 5.69 Å². The normalized spacial score (nSPS) is 10.1. The Morgan fingerprint density at radius 2 is 2.31 bits per heavy atom. The van der Waals surface area contributed by atoms with Crippen molar-refractivity contribution in [3.8, 4) is 5.75 Å². The molecule has 0 amide bonds. The first-order valence-corrected chi connectivity index (χ1v) is 5.88. The first-order chi connectivity index (χ1) is 7.69. The van der Waals surface area contributed by atoms with Gasteiger partial charge in [-0.2, -0.15) is 0 Å². The van der Waals surface area contributed by atoms with Gasteiger partial charge in [-0.3, -0.25) is 5.10 Å². The number of aromatic amines is 1. The van der Waals surface area contributed by atoms with Crippen LogP contribution >= 0.6 is 23.6 Å². The fourth-order valence-electron chi connectivity index (χ4n) is 1.30. The van der Waals surface area contributed by atoms with Gasteiger partial charge >= 0.3 is 0 Å². The number of rotatable bonds is 3. The van der Waals surface area contributed by atoms with Gasteiger partial charge in [-0.1, -0.05) is 11.3 Å². The summed E-state index contributed by atoms with van der Waals surface area (Å²) >= 11 is 6.37. The standard InChI is InChI=1S/C10H11N3OS2/c1-6-5-7(14-2)3-4-8(6)11-9-12-13-10(15)16-9/h3-5H,1-2H3,(H,11,12)(H,13,15). The number of ether oxygens (including phenoxy) is 1. The second-order valence-electron chi connectivity index (χ2n) is 3.22. The molecule has 84 valence electrons. The number of methoxy groups -OCH3 is 1. The zero-order chi connectivity index (χ0) is 11.5. The van der Waals surface area contributed by atoms with Gasteiger partial charge in [-0.15, -0.1) is 5.10 Å². The van der Waals surface area contributed by atoms with Crippen LogP contribution in [0.2, 0.25) is 0 Å². The van der Waals surface area contributed by atoms with E-state index in [9.17, 15) is 0 Å². The molecule has 0 aliphatic heterocycles. The van der Waals surface area contributed by atoms with Gasteiger partial charge in [-0.25, -0.2) is 0 Å². The highest BCUT2D eigenvalue weighted by Gasteiger charge is 2.02. The van der Waals surface area contributed by atoms with Crippen molar-refractivity contribution in [2.24, 2.45) is 0 Å². The summed E-state index contributed by atoms with van der Waals surface area (Å²) in [4.78, 5) is 0. The molecule has 0 spiro atoms. The van der Waals surface area contributed by atoms with E-state index in [1.165, 1.54) is 11.3 Å². The van der Waals surface area contributed by atoms with Crippen molar-refractivity contribution in [1.29, 1.82) is 0 Å². The van der Waals surface area contributed by atoms with Gasteiger partial charge in [0.25, 0.3) is 0 Å². The lowest BCUT2D eigenvalue weighted by Crippen LogP contribution is -1.93. The van der Waals surface area contributed by atoms with E-state index >= 15 is 0 Å². The van der Waals surface area contributed by atoms with Gasteiger partial charge in [0.1, 0.15) is 5.75 Å². The zero-order valence-electron chi connectivity index (χ0n) is 8.90. The number of hydrogen-bond donors (Lipinski definition) is 2. The predicted octanol–water partition coefficient (Wildman–Crippen LogP) is 3.26. The fraction of sp³-hybridized carbons (Fsp3) is 0.200. The molecule has 0 aliphatic carbocycles. The predicted molar refractivity (Wildman–Crippen MR) is 68.3 cm³/mol. The smallest absolute Gasteiger partial charge is 0.208 e. The number of H-pyrrole nitrogens is 1. The number of nitrogens with one attached hydrogen (secondary N) is 2. The van der Waals surface area contributed by atoms with Crippen LogP contribution in [-0.2, 0) is 0 Å². The van der Waals surface area contributed by atoms with Gasteiger partial charge in [0.2, 0.25) is 5.13 Å². The molecule has 1 heterocycles. The Labute approximate surface area is 102 Å². The third kappa shape index (κ3) is 2.40. The molecular weight excluding hydrogens is 242 g/mol. The summed E-state index contributed by atoms with van der Waals surface area (Å²) in [5.41, 5.74) is 2.10.